The summed E-state index contributed by atoms with van der Waals surface area (Å²) in [6.07, 6.45) is 0.701. The van der Waals surface area contributed by atoms with Crippen molar-refractivity contribution >= 4 is 22.4 Å². The van der Waals surface area contributed by atoms with Crippen molar-refractivity contribution < 1.29 is 9.53 Å². The lowest BCUT2D eigenvalue weighted by Crippen LogP contribution is -2.32. The number of benzene rings is 2. The number of ether oxygens (including phenoxy) is 1. The van der Waals surface area contributed by atoms with Crippen LogP contribution < -0.4 is 10.1 Å². The Morgan fingerprint density at radius 3 is 2.44 bits per heavy atom. The minimum atomic E-state index is -0.566. The van der Waals surface area contributed by atoms with Gasteiger partial charge in [-0.1, -0.05) is 66.8 Å². The van der Waals surface area contributed by atoms with Crippen molar-refractivity contribution in [1.29, 1.82) is 0 Å². The van der Waals surface area contributed by atoms with Crippen LogP contribution in [0.3, 0.4) is 0 Å². The van der Waals surface area contributed by atoms with E-state index in [0.717, 1.165) is 10.6 Å². The van der Waals surface area contributed by atoms with E-state index in [1.807, 2.05) is 67.6 Å². The van der Waals surface area contributed by atoms with Crippen LogP contribution in [0, 0.1) is 0 Å². The number of anilines is 1. The molecular formula is C19H19N3O2S. The van der Waals surface area contributed by atoms with Gasteiger partial charge in [0.1, 0.15) is 10.8 Å². The van der Waals surface area contributed by atoms with Gasteiger partial charge in [-0.15, -0.1) is 10.2 Å². The lowest BCUT2D eigenvalue weighted by Gasteiger charge is -2.16. The van der Waals surface area contributed by atoms with Crippen LogP contribution in [0.1, 0.15) is 23.9 Å². The first-order valence-corrected chi connectivity index (χ1v) is 8.95. The van der Waals surface area contributed by atoms with Crippen molar-refractivity contribution in [3.8, 4) is 5.75 Å². The van der Waals surface area contributed by atoms with E-state index in [4.69, 9.17) is 4.74 Å². The van der Waals surface area contributed by atoms with Crippen LogP contribution in [0.5, 0.6) is 5.75 Å². The fourth-order valence-electron chi connectivity index (χ4n) is 2.32. The van der Waals surface area contributed by atoms with Crippen molar-refractivity contribution in [2.24, 2.45) is 0 Å². The highest BCUT2D eigenvalue weighted by Gasteiger charge is 2.20. The van der Waals surface area contributed by atoms with E-state index in [9.17, 15) is 4.79 Å². The fourth-order valence-corrected chi connectivity index (χ4v) is 3.09. The third-order valence-corrected chi connectivity index (χ3v) is 4.42. The summed E-state index contributed by atoms with van der Waals surface area (Å²) < 4.78 is 5.74. The van der Waals surface area contributed by atoms with Gasteiger partial charge < -0.3 is 4.74 Å². The fraction of sp³-hybridized carbons (Fsp3) is 0.211. The Kier molecular flexibility index (Phi) is 5.74. The van der Waals surface area contributed by atoms with Crippen LogP contribution in [-0.4, -0.2) is 22.2 Å². The monoisotopic (exact) mass is 353 g/mol. The molecule has 1 amide bonds. The highest BCUT2D eigenvalue weighted by Crippen LogP contribution is 2.20. The molecule has 3 aromatic rings. The smallest absolute Gasteiger partial charge is 0.267 e. The third kappa shape index (κ3) is 4.87. The SMILES string of the molecule is CC[C@H](Oc1ccccc1)C(=O)Nc1nnc(Cc2ccccc2)s1. The average Bonchev–Trinajstić information content (AvgIpc) is 3.08. The zero-order valence-corrected chi connectivity index (χ0v) is 14.7. The Morgan fingerprint density at radius 2 is 1.76 bits per heavy atom. The normalized spacial score (nSPS) is 11.7. The molecule has 0 aliphatic rings. The van der Waals surface area contributed by atoms with E-state index in [0.29, 0.717) is 23.7 Å². The predicted octanol–water partition coefficient (Wildman–Crippen LogP) is 3.93. The Balaban J connectivity index is 1.60. The molecule has 5 nitrogen and oxygen atoms in total. The zero-order valence-electron chi connectivity index (χ0n) is 13.9. The van der Waals surface area contributed by atoms with Gasteiger partial charge in [0, 0.05) is 6.42 Å². The molecule has 0 saturated heterocycles. The molecule has 0 bridgehead atoms. The minimum Gasteiger partial charge on any atom is -0.481 e. The Hall–Kier alpha value is -2.73. The summed E-state index contributed by atoms with van der Waals surface area (Å²) in [5.74, 6) is 0.459. The number of carbonyl (C=O) groups excluding carboxylic acids is 1. The van der Waals surface area contributed by atoms with Crippen LogP contribution in [0.4, 0.5) is 5.13 Å². The lowest BCUT2D eigenvalue weighted by atomic mass is 10.2. The zero-order chi connectivity index (χ0) is 17.5. The first kappa shape index (κ1) is 17.1. The number of para-hydroxylation sites is 1. The maximum absolute atomic E-state index is 12.4. The van der Waals surface area contributed by atoms with Crippen molar-refractivity contribution in [1.82, 2.24) is 10.2 Å². The van der Waals surface area contributed by atoms with Gasteiger partial charge in [0.25, 0.3) is 5.91 Å². The Labute approximate surface area is 150 Å². The van der Waals surface area contributed by atoms with Crippen LogP contribution in [0.25, 0.3) is 0 Å². The summed E-state index contributed by atoms with van der Waals surface area (Å²) in [7, 11) is 0. The first-order valence-electron chi connectivity index (χ1n) is 8.13. The van der Waals surface area contributed by atoms with Gasteiger partial charge in [0.15, 0.2) is 6.10 Å². The number of hydrogen-bond donors (Lipinski definition) is 1. The molecule has 0 radical (unpaired) electrons. The molecule has 1 N–H and O–H groups in total. The number of carbonyl (C=O) groups is 1. The number of nitrogens with one attached hydrogen (secondary N) is 1. The molecule has 128 valence electrons. The molecule has 0 unspecified atom stereocenters. The topological polar surface area (TPSA) is 64.1 Å². The molecule has 1 atom stereocenters. The maximum Gasteiger partial charge on any atom is 0.267 e. The quantitative estimate of drug-likeness (QED) is 0.699. The molecule has 0 aliphatic heterocycles. The molecule has 6 heteroatoms. The molecular weight excluding hydrogens is 334 g/mol. The van der Waals surface area contributed by atoms with Gasteiger partial charge in [-0.2, -0.15) is 0 Å². The summed E-state index contributed by atoms with van der Waals surface area (Å²) in [5.41, 5.74) is 1.16. The predicted molar refractivity (Wildman–Crippen MR) is 98.9 cm³/mol. The first-order chi connectivity index (χ1) is 12.2. The summed E-state index contributed by atoms with van der Waals surface area (Å²) >= 11 is 1.38. The van der Waals surface area contributed by atoms with Crippen molar-refractivity contribution in [3.63, 3.8) is 0 Å². The number of amides is 1. The van der Waals surface area contributed by atoms with Gasteiger partial charge >= 0.3 is 0 Å². The van der Waals surface area contributed by atoms with Gasteiger partial charge in [0.05, 0.1) is 0 Å². The number of rotatable bonds is 7. The molecule has 0 spiro atoms. The highest BCUT2D eigenvalue weighted by atomic mass is 32.1. The number of nitrogens with zero attached hydrogens (tertiary/aromatic N) is 2. The van der Waals surface area contributed by atoms with E-state index in [1.54, 1.807) is 0 Å². The second kappa shape index (κ2) is 8.39. The molecule has 1 aromatic heterocycles. The third-order valence-electron chi connectivity index (χ3n) is 3.58. The number of hydrogen-bond acceptors (Lipinski definition) is 5. The average molecular weight is 353 g/mol. The largest absolute Gasteiger partial charge is 0.481 e. The van der Waals surface area contributed by atoms with Crippen molar-refractivity contribution in [2.75, 3.05) is 5.32 Å². The maximum atomic E-state index is 12.4. The molecule has 25 heavy (non-hydrogen) atoms. The van der Waals surface area contributed by atoms with Gasteiger partial charge in [0.2, 0.25) is 5.13 Å². The van der Waals surface area contributed by atoms with Gasteiger partial charge in [-0.25, -0.2) is 0 Å². The molecule has 2 aromatic carbocycles. The molecule has 0 fully saturated rings. The Morgan fingerprint density at radius 1 is 1.08 bits per heavy atom. The van der Waals surface area contributed by atoms with Crippen LogP contribution >= 0.6 is 11.3 Å². The van der Waals surface area contributed by atoms with E-state index in [-0.39, 0.29) is 5.91 Å². The Bertz CT molecular complexity index is 806. The summed E-state index contributed by atoms with van der Waals surface area (Å²) in [6, 6.07) is 19.4. The standard InChI is InChI=1S/C19H19N3O2S/c1-2-16(24-15-11-7-4-8-12-15)18(23)20-19-22-21-17(25-19)13-14-9-5-3-6-10-14/h3-12,16H,2,13H2,1H3,(H,20,22,23)/t16-/m0/s1. The molecule has 0 aliphatic carbocycles. The minimum absolute atomic E-state index is 0.214. The second-order valence-corrected chi connectivity index (χ2v) is 6.54. The molecule has 1 heterocycles. The summed E-state index contributed by atoms with van der Waals surface area (Å²) in [4.78, 5) is 12.4. The summed E-state index contributed by atoms with van der Waals surface area (Å²) in [6.45, 7) is 1.91. The number of aromatic nitrogens is 2. The van der Waals surface area contributed by atoms with Crippen molar-refractivity contribution in [2.45, 2.75) is 25.9 Å². The highest BCUT2D eigenvalue weighted by molar-refractivity contribution is 7.15. The van der Waals surface area contributed by atoms with E-state index in [2.05, 4.69) is 15.5 Å². The van der Waals surface area contributed by atoms with Gasteiger partial charge in [-0.05, 0) is 24.1 Å². The molecule has 0 saturated carbocycles. The van der Waals surface area contributed by atoms with E-state index < -0.39 is 6.10 Å². The van der Waals surface area contributed by atoms with Gasteiger partial charge in [-0.3, -0.25) is 10.1 Å². The van der Waals surface area contributed by atoms with Crippen LogP contribution in [0.2, 0.25) is 0 Å². The van der Waals surface area contributed by atoms with E-state index in [1.165, 1.54) is 11.3 Å². The second-order valence-electron chi connectivity index (χ2n) is 5.48. The lowest BCUT2D eigenvalue weighted by molar-refractivity contribution is -0.122. The van der Waals surface area contributed by atoms with Crippen molar-refractivity contribution in [3.05, 3.63) is 71.2 Å². The summed E-state index contributed by atoms with van der Waals surface area (Å²) in [5, 5.41) is 12.4. The van der Waals surface area contributed by atoms with Crippen LogP contribution in [0.15, 0.2) is 60.7 Å². The van der Waals surface area contributed by atoms with E-state index >= 15 is 0 Å². The van der Waals surface area contributed by atoms with Crippen LogP contribution in [-0.2, 0) is 11.2 Å². The molecule has 3 rings (SSSR count).